The molecule has 2 amide bonds. The fourth-order valence-electron chi connectivity index (χ4n) is 3.37. The number of halogens is 1. The molecular weight excluding hydrogens is 554 g/mol. The van der Waals surface area contributed by atoms with Crippen molar-refractivity contribution in [3.63, 3.8) is 0 Å². The van der Waals surface area contributed by atoms with Gasteiger partial charge in [-0.2, -0.15) is 0 Å². The van der Waals surface area contributed by atoms with Gasteiger partial charge in [0, 0.05) is 10.9 Å². The number of hydrogen-bond acceptors (Lipinski definition) is 5. The molecule has 194 valence electrons. The molecule has 1 atom stereocenters. The van der Waals surface area contributed by atoms with Crippen LogP contribution in [0, 0.1) is 0 Å². The molecule has 0 aromatic heterocycles. The van der Waals surface area contributed by atoms with E-state index in [4.69, 9.17) is 21.7 Å². The zero-order valence-electron chi connectivity index (χ0n) is 20.8. The Hall–Kier alpha value is -3.43. The number of nitrogens with one attached hydrogen (secondary N) is 3. The van der Waals surface area contributed by atoms with Crippen LogP contribution in [-0.2, 0) is 11.2 Å². The summed E-state index contributed by atoms with van der Waals surface area (Å²) >= 11 is 8.53. The summed E-state index contributed by atoms with van der Waals surface area (Å²) in [5.41, 5.74) is 7.60. The van der Waals surface area contributed by atoms with Gasteiger partial charge in [-0.1, -0.05) is 72.2 Å². The predicted molar refractivity (Wildman–Crippen MR) is 152 cm³/mol. The largest absolute Gasteiger partial charge is 0.492 e. The van der Waals surface area contributed by atoms with Gasteiger partial charge in [0.05, 0.1) is 12.2 Å². The molecular formula is C28H30BrN3O4S. The van der Waals surface area contributed by atoms with E-state index in [0.29, 0.717) is 36.0 Å². The van der Waals surface area contributed by atoms with Crippen LogP contribution >= 0.6 is 28.1 Å². The van der Waals surface area contributed by atoms with Crippen molar-refractivity contribution in [1.29, 1.82) is 0 Å². The SMILES string of the molecule is CCC(C)c1ccc(OCC(=O)NNC(=S)NC(=O)c2cc(Br)ccc2OCCc2ccccc2)cc1. The topological polar surface area (TPSA) is 88.7 Å². The molecule has 9 heteroatoms. The van der Waals surface area contributed by atoms with Gasteiger partial charge in [-0.05, 0) is 66.0 Å². The Morgan fingerprint density at radius 3 is 2.41 bits per heavy atom. The van der Waals surface area contributed by atoms with Gasteiger partial charge < -0.3 is 9.47 Å². The molecule has 0 saturated carbocycles. The third kappa shape index (κ3) is 9.18. The molecule has 7 nitrogen and oxygen atoms in total. The highest BCUT2D eigenvalue weighted by Gasteiger charge is 2.15. The van der Waals surface area contributed by atoms with E-state index in [1.807, 2.05) is 54.6 Å². The molecule has 3 aromatic carbocycles. The number of carbonyl (C=O) groups excluding carboxylic acids is 2. The smallest absolute Gasteiger partial charge is 0.276 e. The van der Waals surface area contributed by atoms with Crippen LogP contribution in [0.5, 0.6) is 11.5 Å². The predicted octanol–water partition coefficient (Wildman–Crippen LogP) is 5.30. The van der Waals surface area contributed by atoms with Crippen LogP contribution in [-0.4, -0.2) is 30.1 Å². The van der Waals surface area contributed by atoms with E-state index in [1.54, 1.807) is 18.2 Å². The number of ether oxygens (including phenoxy) is 2. The zero-order valence-corrected chi connectivity index (χ0v) is 23.2. The van der Waals surface area contributed by atoms with E-state index in [0.717, 1.165) is 16.5 Å². The van der Waals surface area contributed by atoms with E-state index in [1.165, 1.54) is 5.56 Å². The van der Waals surface area contributed by atoms with Crippen molar-refractivity contribution in [2.45, 2.75) is 32.6 Å². The van der Waals surface area contributed by atoms with Gasteiger partial charge in [0.1, 0.15) is 11.5 Å². The summed E-state index contributed by atoms with van der Waals surface area (Å²) in [5, 5.41) is 2.48. The third-order valence-corrected chi connectivity index (χ3v) is 6.35. The van der Waals surface area contributed by atoms with E-state index in [-0.39, 0.29) is 11.7 Å². The first kappa shape index (κ1) is 28.1. The first-order chi connectivity index (χ1) is 17.9. The van der Waals surface area contributed by atoms with Crippen molar-refractivity contribution < 1.29 is 19.1 Å². The van der Waals surface area contributed by atoms with Crippen LogP contribution in [0.4, 0.5) is 0 Å². The Morgan fingerprint density at radius 1 is 0.973 bits per heavy atom. The van der Waals surface area contributed by atoms with Gasteiger partial charge >= 0.3 is 0 Å². The third-order valence-electron chi connectivity index (χ3n) is 5.65. The fourth-order valence-corrected chi connectivity index (χ4v) is 3.88. The average molecular weight is 585 g/mol. The molecule has 3 rings (SSSR count). The quantitative estimate of drug-likeness (QED) is 0.222. The normalized spacial score (nSPS) is 11.2. The van der Waals surface area contributed by atoms with Crippen molar-refractivity contribution in [3.05, 3.63) is 94.0 Å². The van der Waals surface area contributed by atoms with E-state index >= 15 is 0 Å². The highest BCUT2D eigenvalue weighted by atomic mass is 79.9. The fraction of sp³-hybridized carbons (Fsp3) is 0.250. The Morgan fingerprint density at radius 2 is 1.70 bits per heavy atom. The van der Waals surface area contributed by atoms with Gasteiger partial charge in [-0.15, -0.1) is 0 Å². The van der Waals surface area contributed by atoms with E-state index < -0.39 is 11.8 Å². The molecule has 3 N–H and O–H groups in total. The van der Waals surface area contributed by atoms with Crippen molar-refractivity contribution in [2.24, 2.45) is 0 Å². The van der Waals surface area contributed by atoms with Gasteiger partial charge in [0.25, 0.3) is 11.8 Å². The number of carbonyl (C=O) groups is 2. The molecule has 3 aromatic rings. The monoisotopic (exact) mass is 583 g/mol. The number of hydrazine groups is 1. The molecule has 0 aliphatic rings. The van der Waals surface area contributed by atoms with Crippen LogP contribution in [0.15, 0.2) is 77.3 Å². The van der Waals surface area contributed by atoms with Gasteiger partial charge in [-0.25, -0.2) is 0 Å². The molecule has 0 spiro atoms. The lowest BCUT2D eigenvalue weighted by atomic mass is 9.99. The summed E-state index contributed by atoms with van der Waals surface area (Å²) in [6.07, 6.45) is 1.75. The molecule has 0 aliphatic carbocycles. The van der Waals surface area contributed by atoms with Crippen LogP contribution in [0.25, 0.3) is 0 Å². The Kier molecular flexibility index (Phi) is 10.9. The minimum Gasteiger partial charge on any atom is -0.492 e. The van der Waals surface area contributed by atoms with Crippen LogP contribution in [0.2, 0.25) is 0 Å². The maximum Gasteiger partial charge on any atom is 0.276 e. The summed E-state index contributed by atoms with van der Waals surface area (Å²) in [4.78, 5) is 25.0. The maximum absolute atomic E-state index is 12.8. The first-order valence-corrected chi connectivity index (χ1v) is 13.1. The maximum atomic E-state index is 12.8. The summed E-state index contributed by atoms with van der Waals surface area (Å²) in [5.74, 6) is 0.561. The summed E-state index contributed by atoms with van der Waals surface area (Å²) in [6.45, 7) is 4.49. The highest BCUT2D eigenvalue weighted by molar-refractivity contribution is 9.10. The molecule has 0 radical (unpaired) electrons. The molecule has 0 bridgehead atoms. The van der Waals surface area contributed by atoms with Crippen molar-refractivity contribution in [1.82, 2.24) is 16.2 Å². The molecule has 0 aliphatic heterocycles. The average Bonchev–Trinajstić information content (AvgIpc) is 2.92. The second-order valence-electron chi connectivity index (χ2n) is 8.35. The lowest BCUT2D eigenvalue weighted by Gasteiger charge is -2.14. The Labute approximate surface area is 231 Å². The van der Waals surface area contributed by atoms with E-state index in [2.05, 4.69) is 45.9 Å². The van der Waals surface area contributed by atoms with E-state index in [9.17, 15) is 9.59 Å². The second-order valence-corrected chi connectivity index (χ2v) is 9.67. The molecule has 0 heterocycles. The number of thiocarbonyl (C=S) groups is 1. The van der Waals surface area contributed by atoms with Crippen LogP contribution in [0.3, 0.4) is 0 Å². The minimum absolute atomic E-state index is 0.0635. The summed E-state index contributed by atoms with van der Waals surface area (Å²) in [7, 11) is 0. The van der Waals surface area contributed by atoms with Crippen LogP contribution in [0.1, 0.15) is 47.7 Å². The number of amides is 2. The molecule has 1 unspecified atom stereocenters. The van der Waals surface area contributed by atoms with Crippen LogP contribution < -0.4 is 25.6 Å². The number of rotatable bonds is 10. The lowest BCUT2D eigenvalue weighted by molar-refractivity contribution is -0.123. The van der Waals surface area contributed by atoms with Crippen molar-refractivity contribution >= 4 is 45.1 Å². The molecule has 0 saturated heterocycles. The highest BCUT2D eigenvalue weighted by Crippen LogP contribution is 2.24. The van der Waals surface area contributed by atoms with Gasteiger partial charge in [0.15, 0.2) is 11.7 Å². The minimum atomic E-state index is -0.472. The lowest BCUT2D eigenvalue weighted by Crippen LogP contribution is -2.49. The Bertz CT molecular complexity index is 1210. The summed E-state index contributed by atoms with van der Waals surface area (Å²) in [6, 6.07) is 22.8. The first-order valence-electron chi connectivity index (χ1n) is 11.9. The number of benzene rings is 3. The molecule has 37 heavy (non-hydrogen) atoms. The van der Waals surface area contributed by atoms with Crippen molar-refractivity contribution in [2.75, 3.05) is 13.2 Å². The van der Waals surface area contributed by atoms with Gasteiger partial charge in [0.2, 0.25) is 0 Å². The Balaban J connectivity index is 1.45. The molecule has 0 fully saturated rings. The van der Waals surface area contributed by atoms with Crippen molar-refractivity contribution in [3.8, 4) is 11.5 Å². The standard InChI is InChI=1S/C28H30BrN3O4S/c1-3-19(2)21-9-12-23(13-10-21)36-18-26(33)31-32-28(37)30-27(34)24-17-22(29)11-14-25(24)35-16-15-20-7-5-4-6-8-20/h4-14,17,19H,3,15-16,18H2,1-2H3,(H,31,33)(H2,30,32,34,37). The zero-order chi connectivity index (χ0) is 26.6. The van der Waals surface area contributed by atoms with Gasteiger partial charge in [-0.3, -0.25) is 25.8 Å². The second kappa shape index (κ2) is 14.3. The summed E-state index contributed by atoms with van der Waals surface area (Å²) < 4.78 is 12.1. The number of hydrogen-bond donors (Lipinski definition) is 3.